The maximum atomic E-state index is 15.9. The van der Waals surface area contributed by atoms with Crippen LogP contribution < -0.4 is 0 Å². The molecule has 13 heteroatoms. The zero-order chi connectivity index (χ0) is 35.6. The van der Waals surface area contributed by atoms with Gasteiger partial charge in [-0.1, -0.05) is 57.5 Å². The Labute approximate surface area is 287 Å². The Balaban J connectivity index is 1.62. The maximum Gasteiger partial charge on any atom is 0.417 e. The van der Waals surface area contributed by atoms with E-state index in [4.69, 9.17) is 19.2 Å². The second-order valence-corrected chi connectivity index (χ2v) is 26.5. The van der Waals surface area contributed by atoms with Crippen LogP contribution in [0.3, 0.4) is 0 Å². The van der Waals surface area contributed by atoms with Crippen molar-refractivity contribution in [2.75, 3.05) is 26.4 Å². The first-order chi connectivity index (χ1) is 23.0. The third-order valence-corrected chi connectivity index (χ3v) is 12.2. The SMILES string of the molecule is C[Si](C)(C)CCOCn1cc(C(=O)c2ccccc2C(F)(F)F)cc1-c1nc2c(F)cc(C3CCOCC3)cc2n1COCC[Si](C)(C)C. The molecule has 0 spiro atoms. The number of carbonyl (C=O) groups excluding carboxylic acids is 1. The van der Waals surface area contributed by atoms with Gasteiger partial charge < -0.3 is 18.8 Å². The summed E-state index contributed by atoms with van der Waals surface area (Å²) in [5.74, 6) is -0.783. The average molecular weight is 718 g/mol. The third kappa shape index (κ3) is 9.37. The molecule has 1 aliphatic rings. The highest BCUT2D eigenvalue weighted by Crippen LogP contribution is 2.36. The van der Waals surface area contributed by atoms with Crippen molar-refractivity contribution in [1.29, 1.82) is 0 Å². The van der Waals surface area contributed by atoms with Gasteiger partial charge in [-0.2, -0.15) is 13.2 Å². The van der Waals surface area contributed by atoms with Gasteiger partial charge in [0.05, 0.1) is 16.8 Å². The predicted octanol–water partition coefficient (Wildman–Crippen LogP) is 9.41. The van der Waals surface area contributed by atoms with Gasteiger partial charge in [0.15, 0.2) is 17.4 Å². The molecule has 0 radical (unpaired) electrons. The van der Waals surface area contributed by atoms with E-state index in [9.17, 15) is 18.0 Å². The van der Waals surface area contributed by atoms with Crippen LogP contribution in [0.1, 0.15) is 45.8 Å². The number of hydrogen-bond acceptors (Lipinski definition) is 5. The topological polar surface area (TPSA) is 67.5 Å². The average Bonchev–Trinajstić information content (AvgIpc) is 3.62. The predicted molar refractivity (Wildman–Crippen MR) is 189 cm³/mol. The Hall–Kier alpha value is -3.11. The lowest BCUT2D eigenvalue weighted by molar-refractivity contribution is -0.137. The van der Waals surface area contributed by atoms with Crippen molar-refractivity contribution in [3.63, 3.8) is 0 Å². The van der Waals surface area contributed by atoms with E-state index in [0.717, 1.165) is 36.6 Å². The normalized spacial score (nSPS) is 15.0. The minimum Gasteiger partial charge on any atom is -0.381 e. The maximum absolute atomic E-state index is 15.9. The lowest BCUT2D eigenvalue weighted by Gasteiger charge is -2.22. The molecule has 0 atom stereocenters. The molecule has 0 unspecified atom stereocenters. The smallest absolute Gasteiger partial charge is 0.381 e. The Morgan fingerprint density at radius 3 is 2.20 bits per heavy atom. The number of rotatable bonds is 14. The van der Waals surface area contributed by atoms with Gasteiger partial charge in [-0.15, -0.1) is 0 Å². The summed E-state index contributed by atoms with van der Waals surface area (Å²) in [5, 5.41) is 0. The van der Waals surface area contributed by atoms with Crippen LogP contribution in [0.2, 0.25) is 51.4 Å². The van der Waals surface area contributed by atoms with Gasteiger partial charge in [-0.3, -0.25) is 9.36 Å². The summed E-state index contributed by atoms with van der Waals surface area (Å²) in [6.07, 6.45) is -1.65. The number of halogens is 4. The first-order valence-electron chi connectivity index (χ1n) is 16.9. The van der Waals surface area contributed by atoms with Crippen molar-refractivity contribution in [3.8, 4) is 11.5 Å². The van der Waals surface area contributed by atoms with Crippen LogP contribution in [0.15, 0.2) is 48.7 Å². The van der Waals surface area contributed by atoms with Crippen LogP contribution in [-0.2, 0) is 33.8 Å². The van der Waals surface area contributed by atoms with E-state index in [1.54, 1.807) is 9.13 Å². The molecule has 7 nitrogen and oxygen atoms in total. The van der Waals surface area contributed by atoms with Crippen LogP contribution >= 0.6 is 0 Å². The van der Waals surface area contributed by atoms with Gasteiger partial charge in [0.1, 0.15) is 19.0 Å². The lowest BCUT2D eigenvalue weighted by Crippen LogP contribution is -2.22. The highest BCUT2D eigenvalue weighted by molar-refractivity contribution is 6.76. The molecule has 0 bridgehead atoms. The van der Waals surface area contributed by atoms with Gasteiger partial charge >= 0.3 is 6.18 Å². The molecule has 5 rings (SSSR count). The van der Waals surface area contributed by atoms with Crippen LogP contribution in [0.4, 0.5) is 17.6 Å². The third-order valence-electron chi connectivity index (χ3n) is 8.83. The summed E-state index contributed by atoms with van der Waals surface area (Å²) in [5.41, 5.74) is 0.558. The summed E-state index contributed by atoms with van der Waals surface area (Å²) in [7, 11) is -2.83. The van der Waals surface area contributed by atoms with Gasteiger partial charge in [-0.05, 0) is 60.7 Å². The molecular formula is C36H47F4N3O4Si2. The van der Waals surface area contributed by atoms with E-state index < -0.39 is 45.1 Å². The molecule has 3 heterocycles. The summed E-state index contributed by atoms with van der Waals surface area (Å²) < 4.78 is 79.0. The molecule has 0 saturated carbocycles. The molecule has 0 amide bonds. The van der Waals surface area contributed by atoms with Crippen LogP contribution in [0, 0.1) is 5.82 Å². The second kappa shape index (κ2) is 15.0. The molecule has 1 saturated heterocycles. The Bertz CT molecular complexity index is 1770. The van der Waals surface area contributed by atoms with Crippen molar-refractivity contribution < 1.29 is 36.6 Å². The number of alkyl halides is 3. The summed E-state index contributed by atoms with van der Waals surface area (Å²) in [6, 6.07) is 11.6. The van der Waals surface area contributed by atoms with Crippen molar-refractivity contribution >= 4 is 33.0 Å². The molecule has 1 fully saturated rings. The van der Waals surface area contributed by atoms with Gasteiger partial charge in [0, 0.05) is 59.9 Å². The van der Waals surface area contributed by atoms with E-state index in [2.05, 4.69) is 39.3 Å². The van der Waals surface area contributed by atoms with Gasteiger partial charge in [0.2, 0.25) is 0 Å². The monoisotopic (exact) mass is 717 g/mol. The number of imidazole rings is 1. The first-order valence-corrected chi connectivity index (χ1v) is 24.3. The lowest BCUT2D eigenvalue weighted by atomic mass is 9.91. The summed E-state index contributed by atoms with van der Waals surface area (Å²) in [6.45, 7) is 15.8. The largest absolute Gasteiger partial charge is 0.417 e. The Morgan fingerprint density at radius 1 is 0.939 bits per heavy atom. The number of benzene rings is 2. The van der Waals surface area contributed by atoms with Crippen LogP contribution in [-0.4, -0.2) is 62.5 Å². The standard InChI is InChI=1S/C36H47F4N3O4Si2/c1-48(2,3)17-15-46-23-42-22-27(34(44)28-9-7-8-10-29(28)36(38,39)40)21-32(42)35-41-33-30(37)19-26(25-11-13-45-14-12-25)20-31(33)43(35)24-47-16-18-49(4,5)6/h7-10,19-22,25H,11-18,23-24H2,1-6H3. The minimum atomic E-state index is -4.71. The molecule has 4 aromatic rings. The van der Waals surface area contributed by atoms with Crippen molar-refractivity contribution in [1.82, 2.24) is 14.1 Å². The molecule has 1 aliphatic heterocycles. The zero-order valence-corrected chi connectivity index (χ0v) is 31.3. The number of aromatic nitrogens is 3. The second-order valence-electron chi connectivity index (χ2n) is 15.3. The van der Waals surface area contributed by atoms with Crippen molar-refractivity contribution in [2.24, 2.45) is 0 Å². The van der Waals surface area contributed by atoms with Crippen LogP contribution in [0.25, 0.3) is 22.6 Å². The molecule has 2 aromatic carbocycles. The van der Waals surface area contributed by atoms with E-state index in [-0.39, 0.29) is 30.5 Å². The summed E-state index contributed by atoms with van der Waals surface area (Å²) in [4.78, 5) is 18.5. The molecule has 0 N–H and O–H groups in total. The first kappa shape index (κ1) is 37.2. The highest BCUT2D eigenvalue weighted by Gasteiger charge is 2.35. The molecule has 2 aromatic heterocycles. The number of ketones is 1. The molecule has 0 aliphatic carbocycles. The minimum absolute atomic E-state index is 0.0313. The number of fused-ring (bicyclic) bond motifs is 1. The fourth-order valence-electron chi connectivity index (χ4n) is 5.88. The van der Waals surface area contributed by atoms with Gasteiger partial charge in [0.25, 0.3) is 0 Å². The van der Waals surface area contributed by atoms with Crippen molar-refractivity contribution in [3.05, 3.63) is 76.7 Å². The molecular weight excluding hydrogens is 671 g/mol. The van der Waals surface area contributed by atoms with E-state index >= 15 is 4.39 Å². The summed E-state index contributed by atoms with van der Waals surface area (Å²) >= 11 is 0. The van der Waals surface area contributed by atoms with Crippen molar-refractivity contribution in [2.45, 2.75) is 89.8 Å². The number of carbonyl (C=O) groups is 1. The fraction of sp³-hybridized carbons (Fsp3) is 0.500. The van der Waals surface area contributed by atoms with E-state index in [1.165, 1.54) is 36.5 Å². The fourth-order valence-corrected chi connectivity index (χ4v) is 7.40. The number of ether oxygens (including phenoxy) is 3. The number of hydrogen-bond donors (Lipinski definition) is 0. The quantitative estimate of drug-likeness (QED) is 0.0563. The van der Waals surface area contributed by atoms with Gasteiger partial charge in [-0.25, -0.2) is 9.37 Å². The molecule has 49 heavy (non-hydrogen) atoms. The number of nitrogens with zero attached hydrogens (tertiary/aromatic N) is 3. The molecule has 266 valence electrons. The van der Waals surface area contributed by atoms with E-state index in [0.29, 0.717) is 43.5 Å². The highest BCUT2D eigenvalue weighted by atomic mass is 28.3. The Morgan fingerprint density at radius 2 is 1.57 bits per heavy atom. The Kier molecular flexibility index (Phi) is 11.4. The zero-order valence-electron chi connectivity index (χ0n) is 29.3. The van der Waals surface area contributed by atoms with Crippen LogP contribution in [0.5, 0.6) is 0 Å². The van der Waals surface area contributed by atoms with E-state index in [1.807, 2.05) is 6.07 Å².